The lowest BCUT2D eigenvalue weighted by Gasteiger charge is -2.36. The summed E-state index contributed by atoms with van der Waals surface area (Å²) in [7, 11) is 0. The number of ether oxygens (including phenoxy) is 1. The van der Waals surface area contributed by atoms with Crippen molar-refractivity contribution in [2.75, 3.05) is 18.0 Å². The van der Waals surface area contributed by atoms with Crippen LogP contribution in [0.15, 0.2) is 11.6 Å². The van der Waals surface area contributed by atoms with Gasteiger partial charge in [0.15, 0.2) is 10.8 Å². The van der Waals surface area contributed by atoms with E-state index in [2.05, 4.69) is 23.1 Å². The highest BCUT2D eigenvalue weighted by atomic mass is 32.1. The van der Waals surface area contributed by atoms with Crippen molar-refractivity contribution in [3.05, 3.63) is 17.3 Å². The van der Waals surface area contributed by atoms with Crippen LogP contribution in [0.25, 0.3) is 4.96 Å². The van der Waals surface area contributed by atoms with E-state index < -0.39 is 0 Å². The Morgan fingerprint density at radius 2 is 2.17 bits per heavy atom. The SMILES string of the molecule is CC1CN(c2nc3sccn3c2CN)CC(C)O1. The Bertz CT molecular complexity index is 539. The normalized spacial score (nSPS) is 24.9. The summed E-state index contributed by atoms with van der Waals surface area (Å²) in [4.78, 5) is 8.01. The molecule has 0 aliphatic carbocycles. The van der Waals surface area contributed by atoms with Gasteiger partial charge in [0.25, 0.3) is 0 Å². The molecule has 1 aliphatic heterocycles. The highest BCUT2D eigenvalue weighted by molar-refractivity contribution is 7.15. The maximum atomic E-state index is 5.88. The van der Waals surface area contributed by atoms with Gasteiger partial charge in [0.1, 0.15) is 0 Å². The van der Waals surface area contributed by atoms with Crippen LogP contribution in [-0.2, 0) is 11.3 Å². The van der Waals surface area contributed by atoms with Crippen LogP contribution >= 0.6 is 11.3 Å². The number of aromatic nitrogens is 2. The van der Waals surface area contributed by atoms with Crippen LogP contribution in [0, 0.1) is 0 Å². The molecule has 1 aliphatic rings. The molecule has 0 spiro atoms. The number of hydrogen-bond donors (Lipinski definition) is 1. The summed E-state index contributed by atoms with van der Waals surface area (Å²) in [6.45, 7) is 6.46. The number of rotatable bonds is 2. The third kappa shape index (κ3) is 1.90. The smallest absolute Gasteiger partial charge is 0.195 e. The van der Waals surface area contributed by atoms with Crippen LogP contribution in [0.5, 0.6) is 0 Å². The highest BCUT2D eigenvalue weighted by Gasteiger charge is 2.26. The first kappa shape index (κ1) is 12.0. The van der Waals surface area contributed by atoms with Gasteiger partial charge >= 0.3 is 0 Å². The zero-order valence-corrected chi connectivity index (χ0v) is 11.5. The molecular formula is C12H18N4OS. The quantitative estimate of drug-likeness (QED) is 0.894. The fourth-order valence-corrected chi connectivity index (χ4v) is 3.34. The molecule has 2 atom stereocenters. The lowest BCUT2D eigenvalue weighted by molar-refractivity contribution is -0.00547. The van der Waals surface area contributed by atoms with Crippen molar-refractivity contribution >= 4 is 22.1 Å². The van der Waals surface area contributed by atoms with E-state index >= 15 is 0 Å². The predicted octanol–water partition coefficient (Wildman–Crippen LogP) is 1.47. The minimum absolute atomic E-state index is 0.235. The molecule has 0 saturated carbocycles. The third-order valence-corrected chi connectivity index (χ3v) is 4.01. The number of nitrogens with two attached hydrogens (primary N) is 1. The molecule has 0 bridgehead atoms. The maximum Gasteiger partial charge on any atom is 0.195 e. The van der Waals surface area contributed by atoms with Crippen molar-refractivity contribution in [1.82, 2.24) is 9.38 Å². The summed E-state index contributed by atoms with van der Waals surface area (Å²) in [6, 6.07) is 0. The van der Waals surface area contributed by atoms with E-state index in [-0.39, 0.29) is 12.2 Å². The van der Waals surface area contributed by atoms with Gasteiger partial charge in [-0.3, -0.25) is 4.40 Å². The molecule has 2 unspecified atom stereocenters. The molecule has 3 heterocycles. The summed E-state index contributed by atoms with van der Waals surface area (Å²) < 4.78 is 7.85. The van der Waals surface area contributed by atoms with Gasteiger partial charge in [-0.2, -0.15) is 0 Å². The van der Waals surface area contributed by atoms with E-state index in [4.69, 9.17) is 15.5 Å². The standard InChI is InChI=1S/C12H18N4OS/c1-8-6-15(7-9(2)17-8)11-10(5-13)16-3-4-18-12(16)14-11/h3-4,8-9H,5-7,13H2,1-2H3. The molecule has 98 valence electrons. The fourth-order valence-electron chi connectivity index (χ4n) is 2.61. The second-order valence-corrected chi connectivity index (χ2v) is 5.68. The lowest BCUT2D eigenvalue weighted by atomic mass is 10.2. The van der Waals surface area contributed by atoms with Gasteiger partial charge in [0, 0.05) is 31.2 Å². The number of fused-ring (bicyclic) bond motifs is 1. The van der Waals surface area contributed by atoms with Gasteiger partial charge in [-0.1, -0.05) is 0 Å². The monoisotopic (exact) mass is 266 g/mol. The Balaban J connectivity index is 1.99. The Labute approximate surface area is 110 Å². The van der Waals surface area contributed by atoms with Gasteiger partial charge in [-0.15, -0.1) is 11.3 Å². The van der Waals surface area contributed by atoms with Crippen LogP contribution < -0.4 is 10.6 Å². The summed E-state index contributed by atoms with van der Waals surface area (Å²) >= 11 is 1.64. The average molecular weight is 266 g/mol. The van der Waals surface area contributed by atoms with E-state index in [1.54, 1.807) is 11.3 Å². The van der Waals surface area contributed by atoms with Crippen LogP contribution in [0.1, 0.15) is 19.5 Å². The number of thiazole rings is 1. The molecule has 1 saturated heterocycles. The van der Waals surface area contributed by atoms with Crippen LogP contribution in [0.2, 0.25) is 0 Å². The van der Waals surface area contributed by atoms with E-state index in [0.29, 0.717) is 6.54 Å². The summed E-state index contributed by atoms with van der Waals surface area (Å²) in [5.41, 5.74) is 6.97. The minimum atomic E-state index is 0.235. The van der Waals surface area contributed by atoms with Crippen molar-refractivity contribution in [3.63, 3.8) is 0 Å². The summed E-state index contributed by atoms with van der Waals surface area (Å²) in [6.07, 6.45) is 2.50. The largest absolute Gasteiger partial charge is 0.372 e. The minimum Gasteiger partial charge on any atom is -0.372 e. The van der Waals surface area contributed by atoms with Gasteiger partial charge in [-0.05, 0) is 13.8 Å². The molecule has 3 rings (SSSR count). The number of morpholine rings is 1. The van der Waals surface area contributed by atoms with Crippen molar-refractivity contribution in [1.29, 1.82) is 0 Å². The molecule has 2 aromatic heterocycles. The fraction of sp³-hybridized carbons (Fsp3) is 0.583. The number of imidazole rings is 1. The van der Waals surface area contributed by atoms with Crippen LogP contribution in [0.4, 0.5) is 5.82 Å². The van der Waals surface area contributed by atoms with Crippen molar-refractivity contribution in [2.24, 2.45) is 5.73 Å². The number of nitrogens with zero attached hydrogens (tertiary/aromatic N) is 3. The molecule has 6 heteroatoms. The second-order valence-electron chi connectivity index (χ2n) is 4.80. The lowest BCUT2D eigenvalue weighted by Crippen LogP contribution is -2.46. The molecule has 5 nitrogen and oxygen atoms in total. The molecule has 1 fully saturated rings. The zero-order chi connectivity index (χ0) is 12.7. The van der Waals surface area contributed by atoms with Gasteiger partial charge in [0.2, 0.25) is 0 Å². The van der Waals surface area contributed by atoms with Crippen molar-refractivity contribution in [2.45, 2.75) is 32.6 Å². The van der Waals surface area contributed by atoms with Gasteiger partial charge < -0.3 is 15.4 Å². The average Bonchev–Trinajstić information content (AvgIpc) is 2.86. The number of hydrogen-bond acceptors (Lipinski definition) is 5. The Morgan fingerprint density at radius 3 is 2.83 bits per heavy atom. The first-order valence-corrected chi connectivity index (χ1v) is 7.12. The van der Waals surface area contributed by atoms with E-state index in [9.17, 15) is 0 Å². The summed E-state index contributed by atoms with van der Waals surface area (Å²) in [5, 5.41) is 2.04. The molecule has 18 heavy (non-hydrogen) atoms. The van der Waals surface area contributed by atoms with E-state index in [0.717, 1.165) is 29.6 Å². The molecule has 0 aromatic carbocycles. The maximum absolute atomic E-state index is 5.88. The molecular weight excluding hydrogens is 248 g/mol. The first-order valence-electron chi connectivity index (χ1n) is 6.24. The van der Waals surface area contributed by atoms with Gasteiger partial charge in [-0.25, -0.2) is 4.98 Å². The zero-order valence-electron chi connectivity index (χ0n) is 10.7. The molecule has 2 aromatic rings. The van der Waals surface area contributed by atoms with Crippen LogP contribution in [0.3, 0.4) is 0 Å². The third-order valence-electron chi connectivity index (χ3n) is 3.25. The van der Waals surface area contributed by atoms with Gasteiger partial charge in [0.05, 0.1) is 17.9 Å². The van der Waals surface area contributed by atoms with Crippen molar-refractivity contribution < 1.29 is 4.74 Å². The molecule has 0 radical (unpaired) electrons. The Kier molecular flexibility index (Phi) is 3.01. The Hall–Kier alpha value is -1.11. The Morgan fingerprint density at radius 1 is 1.44 bits per heavy atom. The first-order chi connectivity index (χ1) is 8.69. The highest BCUT2D eigenvalue weighted by Crippen LogP contribution is 2.26. The van der Waals surface area contributed by atoms with E-state index in [1.165, 1.54) is 0 Å². The number of anilines is 1. The van der Waals surface area contributed by atoms with E-state index in [1.807, 2.05) is 11.6 Å². The topological polar surface area (TPSA) is 55.8 Å². The van der Waals surface area contributed by atoms with Crippen LogP contribution in [-0.4, -0.2) is 34.7 Å². The van der Waals surface area contributed by atoms with Crippen molar-refractivity contribution in [3.8, 4) is 0 Å². The second kappa shape index (κ2) is 4.53. The molecule has 2 N–H and O–H groups in total. The summed E-state index contributed by atoms with van der Waals surface area (Å²) in [5.74, 6) is 1.02. The molecule has 0 amide bonds. The predicted molar refractivity (Wildman–Crippen MR) is 73.2 cm³/mol.